The third-order valence-corrected chi connectivity index (χ3v) is 3.50. The van der Waals surface area contributed by atoms with Crippen LogP contribution < -0.4 is 5.32 Å². The van der Waals surface area contributed by atoms with E-state index in [1.54, 1.807) is 18.2 Å². The van der Waals surface area contributed by atoms with Gasteiger partial charge in [0.05, 0.1) is 11.1 Å². The summed E-state index contributed by atoms with van der Waals surface area (Å²) >= 11 is 11.9. The number of nitrogens with zero attached hydrogens (tertiary/aromatic N) is 1. The lowest BCUT2D eigenvalue weighted by Crippen LogP contribution is -2.39. The average Bonchev–Trinajstić information content (AvgIpc) is 2.34. The number of nitrogens with one attached hydrogen (secondary N) is 1. The van der Waals surface area contributed by atoms with Gasteiger partial charge >= 0.3 is 0 Å². The highest BCUT2D eigenvalue weighted by Gasteiger charge is 2.21. The molecular formula is C13H18Cl2N2O. The van der Waals surface area contributed by atoms with Crippen molar-refractivity contribution in [1.82, 2.24) is 10.2 Å². The Morgan fingerprint density at radius 2 is 2.11 bits per heavy atom. The first-order valence-electron chi connectivity index (χ1n) is 5.81. The molecule has 1 N–H and O–H groups in total. The second kappa shape index (κ2) is 7.10. The van der Waals surface area contributed by atoms with E-state index in [1.807, 2.05) is 25.9 Å². The van der Waals surface area contributed by atoms with Crippen LogP contribution in [0.5, 0.6) is 0 Å². The van der Waals surface area contributed by atoms with Crippen LogP contribution in [-0.4, -0.2) is 43.9 Å². The van der Waals surface area contributed by atoms with E-state index in [9.17, 15) is 4.79 Å². The number of carbonyl (C=O) groups is 1. The van der Waals surface area contributed by atoms with E-state index >= 15 is 0 Å². The summed E-state index contributed by atoms with van der Waals surface area (Å²) in [5.74, 6) is 0.00951. The topological polar surface area (TPSA) is 32.3 Å². The molecule has 0 bridgehead atoms. The van der Waals surface area contributed by atoms with Crippen molar-refractivity contribution in [2.45, 2.75) is 13.0 Å². The zero-order valence-corrected chi connectivity index (χ0v) is 12.3. The predicted molar refractivity (Wildman–Crippen MR) is 76.8 cm³/mol. The molecule has 0 heterocycles. The van der Waals surface area contributed by atoms with Crippen molar-refractivity contribution < 1.29 is 4.79 Å². The summed E-state index contributed by atoms with van der Waals surface area (Å²) in [5.41, 5.74) is 0.518. The lowest BCUT2D eigenvalue weighted by molar-refractivity contribution is 0.0870. The van der Waals surface area contributed by atoms with Gasteiger partial charge in [0.2, 0.25) is 0 Å². The molecule has 0 radical (unpaired) electrons. The van der Waals surface area contributed by atoms with Crippen LogP contribution in [0.15, 0.2) is 18.2 Å². The second-order valence-corrected chi connectivity index (χ2v) is 5.09. The highest BCUT2D eigenvalue weighted by Crippen LogP contribution is 2.22. The summed E-state index contributed by atoms with van der Waals surface area (Å²) in [5, 5.41) is 3.99. The molecule has 0 saturated carbocycles. The zero-order chi connectivity index (χ0) is 13.7. The molecule has 0 fully saturated rings. The van der Waals surface area contributed by atoms with Crippen molar-refractivity contribution in [2.24, 2.45) is 0 Å². The Labute approximate surface area is 118 Å². The number of rotatable bonds is 6. The second-order valence-electron chi connectivity index (χ2n) is 4.25. The Morgan fingerprint density at radius 3 is 2.67 bits per heavy atom. The van der Waals surface area contributed by atoms with Crippen molar-refractivity contribution in [3.8, 4) is 0 Å². The van der Waals surface area contributed by atoms with Gasteiger partial charge in [-0.25, -0.2) is 0 Å². The van der Waals surface area contributed by atoms with Gasteiger partial charge in [0, 0.05) is 23.7 Å². The summed E-state index contributed by atoms with van der Waals surface area (Å²) < 4.78 is 0. The Hall–Kier alpha value is -0.610. The van der Waals surface area contributed by atoms with Gasteiger partial charge in [0.1, 0.15) is 0 Å². The van der Waals surface area contributed by atoms with E-state index in [4.69, 9.17) is 23.2 Å². The zero-order valence-electron chi connectivity index (χ0n) is 10.8. The van der Waals surface area contributed by atoms with Crippen molar-refractivity contribution in [3.63, 3.8) is 0 Å². The largest absolute Gasteiger partial charge is 0.318 e. The lowest BCUT2D eigenvalue weighted by Gasteiger charge is -2.23. The number of likely N-dealkylation sites (N-methyl/N-ethyl adjacent to an activating group) is 2. The number of benzene rings is 1. The molecule has 0 aliphatic heterocycles. The van der Waals surface area contributed by atoms with E-state index in [0.717, 1.165) is 13.1 Å². The smallest absolute Gasteiger partial charge is 0.181 e. The summed E-state index contributed by atoms with van der Waals surface area (Å²) in [7, 11) is 3.81. The van der Waals surface area contributed by atoms with E-state index in [2.05, 4.69) is 5.32 Å². The fourth-order valence-corrected chi connectivity index (χ4v) is 2.10. The molecule has 1 aromatic carbocycles. The van der Waals surface area contributed by atoms with Crippen LogP contribution in [0.4, 0.5) is 0 Å². The van der Waals surface area contributed by atoms with Gasteiger partial charge in [0.25, 0.3) is 0 Å². The van der Waals surface area contributed by atoms with Crippen LogP contribution in [0.2, 0.25) is 10.0 Å². The fraction of sp³-hybridized carbons (Fsp3) is 0.462. The summed E-state index contributed by atoms with van der Waals surface area (Å²) in [6.45, 7) is 3.51. The number of hydrogen-bond acceptors (Lipinski definition) is 3. The van der Waals surface area contributed by atoms with Gasteiger partial charge in [-0.3, -0.25) is 9.69 Å². The first-order chi connectivity index (χ1) is 8.47. The van der Waals surface area contributed by atoms with Crippen molar-refractivity contribution in [1.29, 1.82) is 0 Å². The Kier molecular flexibility index (Phi) is 6.09. The fourth-order valence-electron chi connectivity index (χ4n) is 1.60. The number of ketones is 1. The van der Waals surface area contributed by atoms with Crippen LogP contribution in [0.25, 0.3) is 0 Å². The van der Waals surface area contributed by atoms with E-state index in [0.29, 0.717) is 15.6 Å². The normalized spacial score (nSPS) is 12.8. The van der Waals surface area contributed by atoms with Crippen LogP contribution in [0, 0.1) is 0 Å². The number of hydrogen-bond donors (Lipinski definition) is 1. The quantitative estimate of drug-likeness (QED) is 0.817. The van der Waals surface area contributed by atoms with Gasteiger partial charge < -0.3 is 5.32 Å². The molecule has 0 aliphatic carbocycles. The monoisotopic (exact) mass is 288 g/mol. The number of halogens is 2. The maximum Gasteiger partial charge on any atom is 0.181 e. The molecule has 0 saturated heterocycles. The van der Waals surface area contributed by atoms with Crippen LogP contribution in [0.1, 0.15) is 17.3 Å². The molecule has 3 nitrogen and oxygen atoms in total. The minimum Gasteiger partial charge on any atom is -0.318 e. The van der Waals surface area contributed by atoms with Crippen molar-refractivity contribution in [3.05, 3.63) is 33.8 Å². The lowest BCUT2D eigenvalue weighted by atomic mass is 10.0. The SMILES string of the molecule is CNCCN(C)C(C)C(=O)c1ccc(Cl)cc1Cl. The summed E-state index contributed by atoms with van der Waals surface area (Å²) in [6, 6.07) is 4.74. The average molecular weight is 289 g/mol. The molecule has 1 rings (SSSR count). The molecule has 0 amide bonds. The van der Waals surface area contributed by atoms with Crippen LogP contribution in [0.3, 0.4) is 0 Å². The van der Waals surface area contributed by atoms with Gasteiger partial charge in [0.15, 0.2) is 5.78 Å². The van der Waals surface area contributed by atoms with Crippen molar-refractivity contribution in [2.75, 3.05) is 27.2 Å². The molecule has 1 unspecified atom stereocenters. The molecule has 18 heavy (non-hydrogen) atoms. The standard InChI is InChI=1S/C13H18Cl2N2O/c1-9(17(3)7-6-16-2)13(18)11-5-4-10(14)8-12(11)15/h4-5,8-9,16H,6-7H2,1-3H3. The highest BCUT2D eigenvalue weighted by atomic mass is 35.5. The summed E-state index contributed by atoms with van der Waals surface area (Å²) in [4.78, 5) is 14.3. The molecule has 100 valence electrons. The molecule has 5 heteroatoms. The summed E-state index contributed by atoms with van der Waals surface area (Å²) in [6.07, 6.45) is 0. The Morgan fingerprint density at radius 1 is 1.44 bits per heavy atom. The van der Waals surface area contributed by atoms with Gasteiger partial charge in [-0.1, -0.05) is 23.2 Å². The maximum absolute atomic E-state index is 12.3. The third kappa shape index (κ3) is 3.95. The first kappa shape index (κ1) is 15.4. The first-order valence-corrected chi connectivity index (χ1v) is 6.57. The van der Waals surface area contributed by atoms with E-state index in [-0.39, 0.29) is 11.8 Å². The number of Topliss-reactive ketones (excluding diaryl/α,β-unsaturated/α-hetero) is 1. The molecule has 1 aromatic rings. The van der Waals surface area contributed by atoms with Gasteiger partial charge in [-0.05, 0) is 39.2 Å². The molecular weight excluding hydrogens is 271 g/mol. The minimum absolute atomic E-state index is 0.00951. The van der Waals surface area contributed by atoms with E-state index < -0.39 is 0 Å². The highest BCUT2D eigenvalue weighted by molar-refractivity contribution is 6.37. The van der Waals surface area contributed by atoms with Crippen molar-refractivity contribution >= 4 is 29.0 Å². The Balaban J connectivity index is 2.79. The molecule has 0 aliphatic rings. The van der Waals surface area contributed by atoms with Crippen LogP contribution >= 0.6 is 23.2 Å². The number of carbonyl (C=O) groups excluding carboxylic acids is 1. The van der Waals surface area contributed by atoms with Gasteiger partial charge in [-0.2, -0.15) is 0 Å². The van der Waals surface area contributed by atoms with E-state index in [1.165, 1.54) is 0 Å². The van der Waals surface area contributed by atoms with Crippen LogP contribution in [-0.2, 0) is 0 Å². The molecule has 0 aromatic heterocycles. The molecule has 1 atom stereocenters. The Bertz CT molecular complexity index is 423. The minimum atomic E-state index is -0.211. The van der Waals surface area contributed by atoms with Gasteiger partial charge in [-0.15, -0.1) is 0 Å². The third-order valence-electron chi connectivity index (χ3n) is 2.95. The molecule has 0 spiro atoms. The predicted octanol–water partition coefficient (Wildman–Crippen LogP) is 2.72. The maximum atomic E-state index is 12.3.